The average molecular weight is 518 g/mol. The number of rotatable bonds is 8. The number of benzene rings is 1. The van der Waals surface area contributed by atoms with Gasteiger partial charge in [-0.05, 0) is 43.5 Å². The Hall–Kier alpha value is -1.06. The number of nitrogens with one attached hydrogen (secondary N) is 2. The monoisotopic (exact) mass is 517 g/mol. The minimum Gasteiger partial charge on any atom is -0.496 e. The second kappa shape index (κ2) is 13.3. The van der Waals surface area contributed by atoms with Crippen LogP contribution < -0.4 is 15.4 Å². The largest absolute Gasteiger partial charge is 0.496 e. The SMILES string of the molecule is CN=C(NCCc1ccc(C)c(OC)c1)NCC(C(C)C)N1CCN(C)CC1.I. The van der Waals surface area contributed by atoms with Crippen LogP contribution >= 0.6 is 24.0 Å². The van der Waals surface area contributed by atoms with Crippen LogP contribution in [0, 0.1) is 12.8 Å². The van der Waals surface area contributed by atoms with Gasteiger partial charge in [-0.25, -0.2) is 0 Å². The Bertz CT molecular complexity index is 630. The van der Waals surface area contributed by atoms with Crippen molar-refractivity contribution in [2.45, 2.75) is 33.2 Å². The van der Waals surface area contributed by atoms with Crippen LogP contribution in [-0.2, 0) is 6.42 Å². The topological polar surface area (TPSA) is 52.1 Å². The third-order valence-corrected chi connectivity index (χ3v) is 5.66. The first-order chi connectivity index (χ1) is 13.4. The van der Waals surface area contributed by atoms with Crippen LogP contribution in [0.5, 0.6) is 5.75 Å². The van der Waals surface area contributed by atoms with Gasteiger partial charge in [0.1, 0.15) is 5.75 Å². The Balaban J connectivity index is 0.00000420. The first-order valence-corrected chi connectivity index (χ1v) is 10.4. The lowest BCUT2D eigenvalue weighted by Crippen LogP contribution is -2.55. The van der Waals surface area contributed by atoms with E-state index in [0.717, 1.165) is 57.4 Å². The van der Waals surface area contributed by atoms with Crippen molar-refractivity contribution in [2.75, 3.05) is 60.5 Å². The minimum atomic E-state index is 0. The summed E-state index contributed by atoms with van der Waals surface area (Å²) in [6.45, 7) is 13.0. The number of hydrogen-bond acceptors (Lipinski definition) is 4. The molecule has 1 aliphatic heterocycles. The summed E-state index contributed by atoms with van der Waals surface area (Å²) in [5.41, 5.74) is 2.43. The number of likely N-dealkylation sites (N-methyl/N-ethyl adjacent to an activating group) is 1. The Kier molecular flexibility index (Phi) is 11.9. The van der Waals surface area contributed by atoms with E-state index in [9.17, 15) is 0 Å². The molecule has 1 heterocycles. The number of halogens is 1. The molecule has 29 heavy (non-hydrogen) atoms. The first-order valence-electron chi connectivity index (χ1n) is 10.4. The first kappa shape index (κ1) is 26.0. The van der Waals surface area contributed by atoms with Crippen LogP contribution in [-0.4, -0.2) is 82.3 Å². The van der Waals surface area contributed by atoms with Gasteiger partial charge >= 0.3 is 0 Å². The van der Waals surface area contributed by atoms with E-state index in [2.05, 4.69) is 71.4 Å². The highest BCUT2D eigenvalue weighted by Crippen LogP contribution is 2.19. The highest BCUT2D eigenvalue weighted by atomic mass is 127. The van der Waals surface area contributed by atoms with Crippen molar-refractivity contribution < 1.29 is 4.74 Å². The average Bonchev–Trinajstić information content (AvgIpc) is 2.69. The highest BCUT2D eigenvalue weighted by molar-refractivity contribution is 14.0. The van der Waals surface area contributed by atoms with E-state index in [1.165, 1.54) is 11.1 Å². The van der Waals surface area contributed by atoms with E-state index in [-0.39, 0.29) is 24.0 Å². The molecule has 1 saturated heterocycles. The third-order valence-electron chi connectivity index (χ3n) is 5.66. The molecule has 0 aromatic heterocycles. The van der Waals surface area contributed by atoms with E-state index in [0.29, 0.717) is 12.0 Å². The zero-order valence-electron chi connectivity index (χ0n) is 19.0. The molecule has 0 radical (unpaired) electrons. The van der Waals surface area contributed by atoms with Crippen molar-refractivity contribution in [3.63, 3.8) is 0 Å². The van der Waals surface area contributed by atoms with Crippen LogP contribution in [0.2, 0.25) is 0 Å². The second-order valence-corrected chi connectivity index (χ2v) is 8.08. The van der Waals surface area contributed by atoms with Crippen molar-refractivity contribution in [1.82, 2.24) is 20.4 Å². The standard InChI is InChI=1S/C22H39N5O.HI/c1-17(2)20(27-13-11-26(5)12-14-27)16-25-22(23-4)24-10-9-19-8-7-18(3)21(15-19)28-6;/h7-8,15,17,20H,9-14,16H2,1-6H3,(H2,23,24,25);1H. The third kappa shape index (κ3) is 8.30. The molecule has 2 N–H and O–H groups in total. The fraction of sp³-hybridized carbons (Fsp3) is 0.682. The highest BCUT2D eigenvalue weighted by Gasteiger charge is 2.24. The number of nitrogens with zero attached hydrogens (tertiary/aromatic N) is 3. The maximum atomic E-state index is 5.42. The van der Waals surface area contributed by atoms with Crippen molar-refractivity contribution in [1.29, 1.82) is 0 Å². The molecule has 0 aliphatic carbocycles. The van der Waals surface area contributed by atoms with Crippen molar-refractivity contribution in [2.24, 2.45) is 10.9 Å². The van der Waals surface area contributed by atoms with Gasteiger partial charge in [0.2, 0.25) is 0 Å². The molecule has 0 amide bonds. The van der Waals surface area contributed by atoms with Crippen molar-refractivity contribution in [3.8, 4) is 5.75 Å². The smallest absolute Gasteiger partial charge is 0.191 e. The number of guanidine groups is 1. The molecule has 0 saturated carbocycles. The maximum absolute atomic E-state index is 5.42. The summed E-state index contributed by atoms with van der Waals surface area (Å²) < 4.78 is 5.42. The molecule has 6 nitrogen and oxygen atoms in total. The van der Waals surface area contributed by atoms with Crippen LogP contribution in [0.15, 0.2) is 23.2 Å². The Morgan fingerprint density at radius 3 is 2.45 bits per heavy atom. The molecule has 1 aromatic rings. The Labute approximate surface area is 194 Å². The number of hydrogen-bond donors (Lipinski definition) is 2. The van der Waals surface area contributed by atoms with Gasteiger partial charge in [0.25, 0.3) is 0 Å². The zero-order valence-corrected chi connectivity index (χ0v) is 21.3. The number of methoxy groups -OCH3 is 1. The van der Waals surface area contributed by atoms with Gasteiger partial charge in [0, 0.05) is 52.4 Å². The van der Waals surface area contributed by atoms with Gasteiger partial charge in [0.05, 0.1) is 7.11 Å². The van der Waals surface area contributed by atoms with E-state index in [1.54, 1.807) is 7.11 Å². The van der Waals surface area contributed by atoms with Gasteiger partial charge in [-0.15, -0.1) is 24.0 Å². The molecule has 1 unspecified atom stereocenters. The Morgan fingerprint density at radius 1 is 1.17 bits per heavy atom. The van der Waals surface area contributed by atoms with E-state index in [4.69, 9.17) is 4.74 Å². The number of ether oxygens (including phenoxy) is 1. The molecular weight excluding hydrogens is 477 g/mol. The van der Waals surface area contributed by atoms with E-state index < -0.39 is 0 Å². The zero-order chi connectivity index (χ0) is 20.5. The molecular formula is C22H40IN5O. The summed E-state index contributed by atoms with van der Waals surface area (Å²) in [5.74, 6) is 2.43. The van der Waals surface area contributed by atoms with Crippen LogP contribution in [0.4, 0.5) is 0 Å². The molecule has 7 heteroatoms. The normalized spacial score (nSPS) is 17.0. The molecule has 1 atom stereocenters. The lowest BCUT2D eigenvalue weighted by atomic mass is 10.0. The van der Waals surface area contributed by atoms with Gasteiger partial charge < -0.3 is 20.3 Å². The van der Waals surface area contributed by atoms with Crippen LogP contribution in [0.3, 0.4) is 0 Å². The fourth-order valence-corrected chi connectivity index (χ4v) is 3.71. The molecule has 0 bridgehead atoms. The molecule has 2 rings (SSSR count). The number of aliphatic imine (C=N–C) groups is 1. The summed E-state index contributed by atoms with van der Waals surface area (Å²) in [5, 5.41) is 6.98. The lowest BCUT2D eigenvalue weighted by molar-refractivity contribution is 0.0900. The fourth-order valence-electron chi connectivity index (χ4n) is 3.71. The summed E-state index contributed by atoms with van der Waals surface area (Å²) >= 11 is 0. The van der Waals surface area contributed by atoms with Gasteiger partial charge in [-0.3, -0.25) is 9.89 Å². The number of piperazine rings is 1. The predicted octanol–water partition coefficient (Wildman–Crippen LogP) is 2.60. The van der Waals surface area contributed by atoms with Crippen molar-refractivity contribution in [3.05, 3.63) is 29.3 Å². The van der Waals surface area contributed by atoms with Crippen LogP contribution in [0.1, 0.15) is 25.0 Å². The maximum Gasteiger partial charge on any atom is 0.191 e. The molecule has 0 spiro atoms. The summed E-state index contributed by atoms with van der Waals surface area (Å²) in [7, 11) is 5.77. The lowest BCUT2D eigenvalue weighted by Gasteiger charge is -2.40. The Morgan fingerprint density at radius 2 is 1.86 bits per heavy atom. The minimum absolute atomic E-state index is 0. The van der Waals surface area contributed by atoms with Gasteiger partial charge in [0.15, 0.2) is 5.96 Å². The summed E-state index contributed by atoms with van der Waals surface area (Å²) in [4.78, 5) is 9.42. The van der Waals surface area contributed by atoms with Gasteiger partial charge in [-0.2, -0.15) is 0 Å². The van der Waals surface area contributed by atoms with E-state index >= 15 is 0 Å². The summed E-state index contributed by atoms with van der Waals surface area (Å²) in [6.07, 6.45) is 0.934. The van der Waals surface area contributed by atoms with Crippen LogP contribution in [0.25, 0.3) is 0 Å². The van der Waals surface area contributed by atoms with Crippen molar-refractivity contribution >= 4 is 29.9 Å². The molecule has 166 valence electrons. The van der Waals surface area contributed by atoms with Gasteiger partial charge in [-0.1, -0.05) is 26.0 Å². The number of aryl methyl sites for hydroxylation is 1. The predicted molar refractivity (Wildman–Crippen MR) is 134 cm³/mol. The molecule has 1 aliphatic rings. The molecule has 1 aromatic carbocycles. The van der Waals surface area contributed by atoms with E-state index in [1.807, 2.05) is 7.05 Å². The summed E-state index contributed by atoms with van der Waals surface area (Å²) in [6, 6.07) is 6.92. The molecule has 1 fully saturated rings. The second-order valence-electron chi connectivity index (χ2n) is 8.08. The quantitative estimate of drug-likeness (QED) is 0.316.